The summed E-state index contributed by atoms with van der Waals surface area (Å²) >= 11 is 0. The molecule has 2 aromatic rings. The van der Waals surface area contributed by atoms with Gasteiger partial charge in [0.1, 0.15) is 13.2 Å². The summed E-state index contributed by atoms with van der Waals surface area (Å²) in [5.41, 5.74) is 6.21. The van der Waals surface area contributed by atoms with Crippen LogP contribution in [-0.2, 0) is 0 Å². The van der Waals surface area contributed by atoms with Crippen LogP contribution in [0.3, 0.4) is 0 Å². The minimum Gasteiger partial charge on any atom is -0.265 e. The lowest BCUT2D eigenvalue weighted by Crippen LogP contribution is -2.43. The zero-order valence-electron chi connectivity index (χ0n) is 10.9. The van der Waals surface area contributed by atoms with Gasteiger partial charge in [0.05, 0.1) is 16.2 Å². The Labute approximate surface area is 115 Å². The number of nitro groups is 1. The average Bonchev–Trinajstić information content (AvgIpc) is 2.77. The lowest BCUT2D eigenvalue weighted by Gasteiger charge is -2.27. The molecule has 6 nitrogen and oxygen atoms in total. The van der Waals surface area contributed by atoms with Gasteiger partial charge in [0.15, 0.2) is 5.69 Å². The Bertz CT molecular complexity index is 700. The highest BCUT2D eigenvalue weighted by molar-refractivity contribution is 5.76. The molecule has 1 aromatic carbocycles. The summed E-state index contributed by atoms with van der Waals surface area (Å²) in [6, 6.07) is 8.64. The van der Waals surface area contributed by atoms with Crippen molar-refractivity contribution in [3.63, 3.8) is 0 Å². The van der Waals surface area contributed by atoms with Gasteiger partial charge in [-0.1, -0.05) is 0 Å². The first kappa shape index (κ1) is 12.3. The summed E-state index contributed by atoms with van der Waals surface area (Å²) in [6.07, 6.45) is 7.27. The molecule has 100 valence electrons. The number of pyridine rings is 1. The summed E-state index contributed by atoms with van der Waals surface area (Å²) < 4.78 is 0.358. The van der Waals surface area contributed by atoms with E-state index in [1.54, 1.807) is 24.5 Å². The van der Waals surface area contributed by atoms with Crippen LogP contribution in [0.25, 0.3) is 6.08 Å². The van der Waals surface area contributed by atoms with E-state index in [1.165, 1.54) is 6.07 Å². The fourth-order valence-electron chi connectivity index (χ4n) is 2.31. The Balaban J connectivity index is 1.96. The number of non-ortho nitro benzene ring substituents is 1. The van der Waals surface area contributed by atoms with E-state index < -0.39 is 0 Å². The van der Waals surface area contributed by atoms with Gasteiger partial charge in [-0.3, -0.25) is 15.1 Å². The molecule has 1 aliphatic heterocycles. The van der Waals surface area contributed by atoms with Gasteiger partial charge in [0, 0.05) is 36.7 Å². The zero-order valence-corrected chi connectivity index (χ0v) is 10.9. The smallest absolute Gasteiger partial charge is 0.265 e. The molecule has 20 heavy (non-hydrogen) atoms. The Hall–Kier alpha value is -2.73. The maximum atomic E-state index is 10.8. The van der Waals surface area contributed by atoms with Crippen molar-refractivity contribution in [3.05, 3.63) is 64.6 Å². The number of nitrogens with zero attached hydrogens (tertiary/aromatic N) is 3. The van der Waals surface area contributed by atoms with E-state index in [4.69, 9.17) is 0 Å². The number of quaternary nitrogens is 1. The van der Waals surface area contributed by atoms with Crippen LogP contribution in [0.2, 0.25) is 0 Å². The van der Waals surface area contributed by atoms with Gasteiger partial charge < -0.3 is 0 Å². The molecule has 0 aliphatic carbocycles. The molecule has 0 bridgehead atoms. The summed E-state index contributed by atoms with van der Waals surface area (Å²) in [4.78, 5) is 14.4. The Morgan fingerprint density at radius 3 is 2.70 bits per heavy atom. The maximum absolute atomic E-state index is 10.8. The first-order valence-electron chi connectivity index (χ1n) is 6.11. The summed E-state index contributed by atoms with van der Waals surface area (Å²) in [7, 11) is 1.98. The second-order valence-corrected chi connectivity index (χ2v) is 4.74. The molecule has 0 saturated carbocycles. The molecular formula is C14H13N4O2+. The third-order valence-corrected chi connectivity index (χ3v) is 3.32. The van der Waals surface area contributed by atoms with Gasteiger partial charge in [-0.25, -0.2) is 5.43 Å². The topological polar surface area (TPSA) is 68.1 Å². The highest BCUT2D eigenvalue weighted by Gasteiger charge is 2.32. The van der Waals surface area contributed by atoms with Crippen LogP contribution in [0.1, 0.15) is 5.56 Å². The number of nitro benzene ring substituents is 1. The van der Waals surface area contributed by atoms with Crippen LogP contribution in [0, 0.1) is 10.1 Å². The van der Waals surface area contributed by atoms with Crippen molar-refractivity contribution in [1.82, 2.24) is 9.58 Å². The largest absolute Gasteiger partial charge is 0.270 e. The molecule has 6 heteroatoms. The lowest BCUT2D eigenvalue weighted by molar-refractivity contribution is -0.384. The van der Waals surface area contributed by atoms with Crippen molar-refractivity contribution in [2.24, 2.45) is 0 Å². The fraction of sp³-hybridized carbons (Fsp3) is 0.0714. The van der Waals surface area contributed by atoms with E-state index in [1.807, 2.05) is 31.5 Å². The van der Waals surface area contributed by atoms with Gasteiger partial charge in [0.25, 0.3) is 5.69 Å². The molecule has 0 spiro atoms. The van der Waals surface area contributed by atoms with Crippen LogP contribution < -0.4 is 10.0 Å². The molecule has 3 rings (SSSR count). The average molecular weight is 269 g/mol. The highest BCUT2D eigenvalue weighted by atomic mass is 16.6. The SMILES string of the molecule is C[N+]1(Nc2ccncc2)C=Cc2cc([N+](=O)[O-])ccc21. The fourth-order valence-corrected chi connectivity index (χ4v) is 2.31. The Morgan fingerprint density at radius 1 is 1.25 bits per heavy atom. The first-order chi connectivity index (χ1) is 9.58. The van der Waals surface area contributed by atoms with E-state index in [0.717, 1.165) is 16.9 Å². The van der Waals surface area contributed by atoms with Crippen LogP contribution in [0.4, 0.5) is 17.1 Å². The molecular weight excluding hydrogens is 256 g/mol. The number of fused-ring (bicyclic) bond motifs is 1. The van der Waals surface area contributed by atoms with Crippen molar-refractivity contribution >= 4 is 23.1 Å². The first-order valence-corrected chi connectivity index (χ1v) is 6.11. The van der Waals surface area contributed by atoms with Crippen LogP contribution >= 0.6 is 0 Å². The van der Waals surface area contributed by atoms with Crippen molar-refractivity contribution in [1.29, 1.82) is 0 Å². The molecule has 0 saturated heterocycles. The molecule has 1 aliphatic rings. The van der Waals surface area contributed by atoms with E-state index in [0.29, 0.717) is 4.59 Å². The predicted molar refractivity (Wildman–Crippen MR) is 77.7 cm³/mol. The van der Waals surface area contributed by atoms with E-state index in [2.05, 4.69) is 10.4 Å². The van der Waals surface area contributed by atoms with Crippen molar-refractivity contribution in [2.75, 3.05) is 12.5 Å². The second kappa shape index (κ2) is 4.43. The molecule has 2 heterocycles. The van der Waals surface area contributed by atoms with E-state index >= 15 is 0 Å². The third-order valence-electron chi connectivity index (χ3n) is 3.32. The number of nitrogens with one attached hydrogen (secondary N) is 1. The van der Waals surface area contributed by atoms with E-state index in [-0.39, 0.29) is 10.6 Å². The summed E-state index contributed by atoms with van der Waals surface area (Å²) in [5.74, 6) is 0. The molecule has 1 N–H and O–H groups in total. The molecule has 1 aromatic heterocycles. The molecule has 0 amide bonds. The lowest BCUT2D eigenvalue weighted by atomic mass is 10.2. The monoisotopic (exact) mass is 269 g/mol. The second-order valence-electron chi connectivity index (χ2n) is 4.74. The van der Waals surface area contributed by atoms with Gasteiger partial charge in [-0.05, 0) is 12.1 Å². The summed E-state index contributed by atoms with van der Waals surface area (Å²) in [5, 5.41) is 10.8. The maximum Gasteiger partial charge on any atom is 0.270 e. The van der Waals surface area contributed by atoms with Gasteiger partial charge in [-0.2, -0.15) is 4.59 Å². The Morgan fingerprint density at radius 2 is 2.00 bits per heavy atom. The number of hydrogen-bond donors (Lipinski definition) is 1. The van der Waals surface area contributed by atoms with Crippen LogP contribution in [-0.4, -0.2) is 17.0 Å². The van der Waals surface area contributed by atoms with Gasteiger partial charge >= 0.3 is 0 Å². The molecule has 0 radical (unpaired) electrons. The van der Waals surface area contributed by atoms with Gasteiger partial charge in [0.2, 0.25) is 0 Å². The van der Waals surface area contributed by atoms with Crippen LogP contribution in [0.5, 0.6) is 0 Å². The van der Waals surface area contributed by atoms with Gasteiger partial charge in [-0.15, -0.1) is 0 Å². The van der Waals surface area contributed by atoms with E-state index in [9.17, 15) is 10.1 Å². The normalized spacial score (nSPS) is 19.6. The van der Waals surface area contributed by atoms with Crippen molar-refractivity contribution < 1.29 is 4.92 Å². The highest BCUT2D eigenvalue weighted by Crippen LogP contribution is 2.36. The summed E-state index contributed by atoms with van der Waals surface area (Å²) in [6.45, 7) is 0. The van der Waals surface area contributed by atoms with Crippen molar-refractivity contribution in [2.45, 2.75) is 0 Å². The van der Waals surface area contributed by atoms with Crippen LogP contribution in [0.15, 0.2) is 48.9 Å². The molecule has 0 fully saturated rings. The van der Waals surface area contributed by atoms with Crippen molar-refractivity contribution in [3.8, 4) is 0 Å². The number of aromatic nitrogens is 1. The standard InChI is InChI=1S/C14H13N4O2/c1-18(16-12-4-7-15-8-5-12)9-6-11-10-13(17(19)20)2-3-14(11)18/h2-10H,1H3,(H,15,16)/q+1. The zero-order chi connectivity index (χ0) is 14.2. The molecule has 1 unspecified atom stereocenters. The number of benzene rings is 1. The minimum atomic E-state index is -0.382. The Kier molecular flexibility index (Phi) is 2.73. The predicted octanol–water partition coefficient (Wildman–Crippen LogP) is 2.94. The quantitative estimate of drug-likeness (QED) is 0.528. The number of rotatable bonds is 3. The number of anilines is 1. The minimum absolute atomic E-state index is 0.103. The third kappa shape index (κ3) is 2.02. The number of hydrogen-bond acceptors (Lipinski definition) is 4. The molecule has 1 atom stereocenters.